The molecule has 18 heavy (non-hydrogen) atoms. The molecule has 2 aromatic rings. The number of hydrogen-bond donors (Lipinski definition) is 0. The van der Waals surface area contributed by atoms with Gasteiger partial charge < -0.3 is 0 Å². The second-order valence-corrected chi connectivity index (χ2v) is 6.02. The maximum Gasteiger partial charge on any atom is 0.0624 e. The Balaban J connectivity index is 2.02. The number of alkyl halides is 1. The molecule has 0 N–H and O–H groups in total. The molecule has 1 unspecified atom stereocenters. The summed E-state index contributed by atoms with van der Waals surface area (Å²) in [7, 11) is 0. The summed E-state index contributed by atoms with van der Waals surface area (Å²) in [6, 6.07) is 16.2. The molecule has 0 radical (unpaired) electrons. The lowest BCUT2D eigenvalue weighted by Crippen LogP contribution is -1.94. The zero-order chi connectivity index (χ0) is 13.0. The highest BCUT2D eigenvalue weighted by atomic mass is 79.9. The van der Waals surface area contributed by atoms with Crippen LogP contribution in [0.2, 0.25) is 10.0 Å². The molecule has 2 rings (SSSR count). The van der Waals surface area contributed by atoms with Gasteiger partial charge in [0.15, 0.2) is 0 Å². The van der Waals surface area contributed by atoms with E-state index in [1.807, 2.05) is 24.3 Å². The van der Waals surface area contributed by atoms with Crippen molar-refractivity contribution < 1.29 is 0 Å². The zero-order valence-electron chi connectivity index (χ0n) is 9.74. The first-order valence-electron chi connectivity index (χ1n) is 5.80. The van der Waals surface area contributed by atoms with Gasteiger partial charge in [-0.2, -0.15) is 0 Å². The largest absolute Gasteiger partial charge is 0.0839 e. The normalized spacial score (nSPS) is 12.4. The van der Waals surface area contributed by atoms with Crippen molar-refractivity contribution >= 4 is 39.1 Å². The number of benzene rings is 2. The van der Waals surface area contributed by atoms with Crippen LogP contribution in [0.25, 0.3) is 0 Å². The molecule has 0 bridgehead atoms. The molecule has 0 nitrogen and oxygen atoms in total. The fourth-order valence-electron chi connectivity index (χ4n) is 1.85. The SMILES string of the molecule is Clc1cccc(CCC(Br)c2ccccc2)c1Cl. The molecule has 3 heteroatoms. The smallest absolute Gasteiger partial charge is 0.0624 e. The molecule has 0 aliphatic carbocycles. The van der Waals surface area contributed by atoms with E-state index < -0.39 is 0 Å². The van der Waals surface area contributed by atoms with Crippen molar-refractivity contribution in [1.82, 2.24) is 0 Å². The summed E-state index contributed by atoms with van der Waals surface area (Å²) < 4.78 is 0. The van der Waals surface area contributed by atoms with Crippen molar-refractivity contribution in [2.75, 3.05) is 0 Å². The van der Waals surface area contributed by atoms with Gasteiger partial charge in [0.25, 0.3) is 0 Å². The third kappa shape index (κ3) is 3.50. The Kier molecular flexibility index (Phi) is 5.11. The molecule has 0 amide bonds. The molecule has 0 saturated carbocycles. The van der Waals surface area contributed by atoms with Gasteiger partial charge in [-0.1, -0.05) is 81.6 Å². The number of hydrogen-bond acceptors (Lipinski definition) is 0. The second kappa shape index (κ2) is 6.60. The summed E-state index contributed by atoms with van der Waals surface area (Å²) in [6.45, 7) is 0. The van der Waals surface area contributed by atoms with E-state index in [9.17, 15) is 0 Å². The van der Waals surface area contributed by atoms with Crippen LogP contribution in [0.1, 0.15) is 22.4 Å². The minimum atomic E-state index is 0.341. The summed E-state index contributed by atoms with van der Waals surface area (Å²) in [4.78, 5) is 0.341. The van der Waals surface area contributed by atoms with Gasteiger partial charge >= 0.3 is 0 Å². The second-order valence-electron chi connectivity index (χ2n) is 4.13. The Labute approximate surface area is 126 Å². The van der Waals surface area contributed by atoms with Crippen LogP contribution < -0.4 is 0 Å². The molecule has 2 aromatic carbocycles. The van der Waals surface area contributed by atoms with E-state index in [2.05, 4.69) is 40.2 Å². The fraction of sp³-hybridized carbons (Fsp3) is 0.200. The molecular formula is C15H13BrCl2. The third-order valence-corrected chi connectivity index (χ3v) is 4.70. The Hall–Kier alpha value is -0.500. The lowest BCUT2D eigenvalue weighted by molar-refractivity contribution is 0.813. The molecule has 0 spiro atoms. The summed E-state index contributed by atoms with van der Waals surface area (Å²) in [5, 5.41) is 1.30. The number of aryl methyl sites for hydroxylation is 1. The molecule has 0 fully saturated rings. The average Bonchev–Trinajstić information content (AvgIpc) is 2.41. The van der Waals surface area contributed by atoms with E-state index in [4.69, 9.17) is 23.2 Å². The van der Waals surface area contributed by atoms with Crippen molar-refractivity contribution in [3.05, 3.63) is 69.7 Å². The minimum absolute atomic E-state index is 0.341. The van der Waals surface area contributed by atoms with Gasteiger partial charge in [-0.05, 0) is 30.0 Å². The molecule has 94 valence electrons. The van der Waals surface area contributed by atoms with Gasteiger partial charge in [0.2, 0.25) is 0 Å². The van der Waals surface area contributed by atoms with Crippen LogP contribution in [0.3, 0.4) is 0 Å². The third-order valence-electron chi connectivity index (χ3n) is 2.86. The lowest BCUT2D eigenvalue weighted by Gasteiger charge is -2.11. The van der Waals surface area contributed by atoms with Gasteiger partial charge in [-0.3, -0.25) is 0 Å². The lowest BCUT2D eigenvalue weighted by atomic mass is 10.0. The quantitative estimate of drug-likeness (QED) is 0.591. The maximum atomic E-state index is 6.18. The highest BCUT2D eigenvalue weighted by Crippen LogP contribution is 2.31. The van der Waals surface area contributed by atoms with Crippen LogP contribution in [0.4, 0.5) is 0 Å². The molecule has 0 aliphatic rings. The molecule has 0 heterocycles. The van der Waals surface area contributed by atoms with Gasteiger partial charge in [0, 0.05) is 4.83 Å². The summed E-state index contributed by atoms with van der Waals surface area (Å²) >= 11 is 15.9. The van der Waals surface area contributed by atoms with Gasteiger partial charge in [0.1, 0.15) is 0 Å². The summed E-state index contributed by atoms with van der Waals surface area (Å²) in [5.41, 5.74) is 2.39. The van der Waals surface area contributed by atoms with Crippen LogP contribution >= 0.6 is 39.1 Å². The van der Waals surface area contributed by atoms with Crippen LogP contribution in [-0.4, -0.2) is 0 Å². The molecule has 1 atom stereocenters. The van der Waals surface area contributed by atoms with Crippen LogP contribution in [0.15, 0.2) is 48.5 Å². The van der Waals surface area contributed by atoms with E-state index in [0.29, 0.717) is 14.9 Å². The zero-order valence-corrected chi connectivity index (χ0v) is 12.8. The monoisotopic (exact) mass is 342 g/mol. The minimum Gasteiger partial charge on any atom is -0.0839 e. The Bertz CT molecular complexity index is 511. The molecule has 0 aromatic heterocycles. The first-order chi connectivity index (χ1) is 8.68. The van der Waals surface area contributed by atoms with E-state index in [1.165, 1.54) is 5.56 Å². The van der Waals surface area contributed by atoms with Crippen molar-refractivity contribution in [3.63, 3.8) is 0 Å². The van der Waals surface area contributed by atoms with Crippen molar-refractivity contribution in [3.8, 4) is 0 Å². The van der Waals surface area contributed by atoms with Crippen molar-refractivity contribution in [1.29, 1.82) is 0 Å². The highest BCUT2D eigenvalue weighted by molar-refractivity contribution is 9.09. The van der Waals surface area contributed by atoms with E-state index in [1.54, 1.807) is 0 Å². The molecule has 0 aliphatic heterocycles. The first kappa shape index (κ1) is 13.9. The summed E-state index contributed by atoms with van der Waals surface area (Å²) in [6.07, 6.45) is 1.90. The topological polar surface area (TPSA) is 0 Å². The van der Waals surface area contributed by atoms with E-state index >= 15 is 0 Å². The van der Waals surface area contributed by atoms with Crippen molar-refractivity contribution in [2.24, 2.45) is 0 Å². The van der Waals surface area contributed by atoms with Crippen LogP contribution in [0, 0.1) is 0 Å². The van der Waals surface area contributed by atoms with Gasteiger partial charge in [-0.25, -0.2) is 0 Å². The van der Waals surface area contributed by atoms with E-state index in [-0.39, 0.29) is 0 Å². The highest BCUT2D eigenvalue weighted by Gasteiger charge is 2.09. The molecular weight excluding hydrogens is 331 g/mol. The van der Waals surface area contributed by atoms with Gasteiger partial charge in [-0.15, -0.1) is 0 Å². The van der Waals surface area contributed by atoms with Crippen LogP contribution in [0.5, 0.6) is 0 Å². The van der Waals surface area contributed by atoms with Crippen molar-refractivity contribution in [2.45, 2.75) is 17.7 Å². The summed E-state index contributed by atoms with van der Waals surface area (Å²) in [5.74, 6) is 0. The number of rotatable bonds is 4. The predicted octanol–water partition coefficient (Wildman–Crippen LogP) is 6.06. The van der Waals surface area contributed by atoms with E-state index in [0.717, 1.165) is 18.4 Å². The standard InChI is InChI=1S/C15H13BrCl2/c16-13(11-5-2-1-3-6-11)10-9-12-7-4-8-14(17)15(12)18/h1-8,13H,9-10H2. The Morgan fingerprint density at radius 2 is 1.67 bits per heavy atom. The molecule has 0 saturated heterocycles. The Morgan fingerprint density at radius 1 is 0.944 bits per heavy atom. The fourth-order valence-corrected chi connectivity index (χ4v) is 2.80. The predicted molar refractivity (Wildman–Crippen MR) is 82.9 cm³/mol. The number of halogens is 3. The maximum absolute atomic E-state index is 6.18. The van der Waals surface area contributed by atoms with Gasteiger partial charge in [0.05, 0.1) is 10.0 Å². The average molecular weight is 344 g/mol. The first-order valence-corrected chi connectivity index (χ1v) is 7.47. The Morgan fingerprint density at radius 3 is 2.39 bits per heavy atom. The van der Waals surface area contributed by atoms with Crippen LogP contribution in [-0.2, 0) is 6.42 Å².